The molecule has 4 rings (SSSR count). The van der Waals surface area contributed by atoms with E-state index in [4.69, 9.17) is 5.73 Å². The van der Waals surface area contributed by atoms with Gasteiger partial charge in [-0.3, -0.25) is 4.90 Å². The molecule has 10 heteroatoms. The Kier molecular flexibility index (Phi) is 4.65. The molecule has 0 bridgehead atoms. The fourth-order valence-electron chi connectivity index (χ4n) is 4.27. The zero-order chi connectivity index (χ0) is 20.2. The third-order valence-electron chi connectivity index (χ3n) is 5.67. The summed E-state index contributed by atoms with van der Waals surface area (Å²) < 4.78 is 78.9. The monoisotopic (exact) mass is 404 g/mol. The maximum absolute atomic E-state index is 14.1. The van der Waals surface area contributed by atoms with Gasteiger partial charge in [-0.1, -0.05) is 0 Å². The van der Waals surface area contributed by atoms with Gasteiger partial charge in [0.25, 0.3) is 0 Å². The molecule has 3 atom stereocenters. The molecule has 2 unspecified atom stereocenters. The van der Waals surface area contributed by atoms with Gasteiger partial charge in [0, 0.05) is 37.2 Å². The van der Waals surface area contributed by atoms with Gasteiger partial charge >= 0.3 is 6.18 Å². The van der Waals surface area contributed by atoms with Crippen LogP contribution in [0.25, 0.3) is 0 Å². The van der Waals surface area contributed by atoms with E-state index in [1.54, 1.807) is 0 Å². The minimum absolute atomic E-state index is 0.00320. The second-order valence-corrected chi connectivity index (χ2v) is 7.44. The standard InChI is InChI=1S/C18H18F6N4/c19-11-5-13(21)12(20)4-10(11)9-2-1-8(3-14(9)25)28-6-15-16(7-28)27-17(26-15)18(22,23)24/h4-5,8-9,14H,1-3,6-7,25H2,(H,26,27)/t8-,9?,14?/m0/s1. The normalized spacial score (nSPS) is 25.9. The number of H-pyrrole nitrogens is 1. The number of imidazole rings is 1. The van der Waals surface area contributed by atoms with Crippen molar-refractivity contribution in [3.8, 4) is 0 Å². The number of benzene rings is 1. The van der Waals surface area contributed by atoms with Gasteiger partial charge in [0.1, 0.15) is 5.82 Å². The van der Waals surface area contributed by atoms with Crippen LogP contribution in [0.1, 0.15) is 48.0 Å². The Bertz CT molecular complexity index is 869. The smallest absolute Gasteiger partial charge is 0.337 e. The Labute approximate surface area is 156 Å². The molecule has 1 aliphatic carbocycles. The summed E-state index contributed by atoms with van der Waals surface area (Å²) >= 11 is 0. The molecule has 3 N–H and O–H groups in total. The van der Waals surface area contributed by atoms with Crippen molar-refractivity contribution in [1.82, 2.24) is 14.9 Å². The Morgan fingerprint density at radius 2 is 1.75 bits per heavy atom. The zero-order valence-electron chi connectivity index (χ0n) is 14.7. The minimum atomic E-state index is -4.51. The maximum atomic E-state index is 14.1. The van der Waals surface area contributed by atoms with Gasteiger partial charge in [-0.25, -0.2) is 18.2 Å². The molecule has 1 aliphatic heterocycles. The summed E-state index contributed by atoms with van der Waals surface area (Å²) in [6.07, 6.45) is -2.95. The number of alkyl halides is 3. The maximum Gasteiger partial charge on any atom is 0.449 e. The van der Waals surface area contributed by atoms with Crippen LogP contribution in [0.3, 0.4) is 0 Å². The predicted molar refractivity (Wildman–Crippen MR) is 87.5 cm³/mol. The lowest BCUT2D eigenvalue weighted by Gasteiger charge is -2.38. The summed E-state index contributed by atoms with van der Waals surface area (Å²) in [5, 5.41) is 0. The lowest BCUT2D eigenvalue weighted by Crippen LogP contribution is -2.44. The van der Waals surface area contributed by atoms with Crippen molar-refractivity contribution in [2.75, 3.05) is 0 Å². The molecule has 0 spiro atoms. The molecule has 1 saturated carbocycles. The Balaban J connectivity index is 1.44. The fraction of sp³-hybridized carbons (Fsp3) is 0.500. The number of hydrogen-bond acceptors (Lipinski definition) is 3. The van der Waals surface area contributed by atoms with Gasteiger partial charge in [-0.05, 0) is 30.9 Å². The topological polar surface area (TPSA) is 57.9 Å². The number of rotatable bonds is 2. The van der Waals surface area contributed by atoms with Crippen LogP contribution in [-0.4, -0.2) is 27.0 Å². The van der Waals surface area contributed by atoms with Crippen LogP contribution in [0, 0.1) is 17.5 Å². The molecular weight excluding hydrogens is 386 g/mol. The number of nitrogens with two attached hydrogens (primary N) is 1. The molecule has 1 aromatic carbocycles. The van der Waals surface area contributed by atoms with E-state index in [-0.39, 0.29) is 18.2 Å². The molecule has 2 heterocycles. The van der Waals surface area contributed by atoms with Gasteiger partial charge < -0.3 is 10.7 Å². The van der Waals surface area contributed by atoms with E-state index in [2.05, 4.69) is 9.97 Å². The number of nitrogens with one attached hydrogen (secondary N) is 1. The molecule has 1 fully saturated rings. The lowest BCUT2D eigenvalue weighted by molar-refractivity contribution is -0.144. The van der Waals surface area contributed by atoms with Crippen molar-refractivity contribution < 1.29 is 26.3 Å². The minimum Gasteiger partial charge on any atom is -0.337 e. The average Bonchev–Trinajstić information content (AvgIpc) is 3.17. The van der Waals surface area contributed by atoms with Crippen molar-refractivity contribution in [2.24, 2.45) is 5.73 Å². The number of halogens is 6. The first kappa shape index (κ1) is 19.3. The molecule has 0 amide bonds. The van der Waals surface area contributed by atoms with Crippen molar-refractivity contribution in [3.63, 3.8) is 0 Å². The van der Waals surface area contributed by atoms with Crippen molar-refractivity contribution in [3.05, 3.63) is 52.4 Å². The lowest BCUT2D eigenvalue weighted by atomic mass is 9.77. The van der Waals surface area contributed by atoms with E-state index in [0.29, 0.717) is 43.3 Å². The van der Waals surface area contributed by atoms with Crippen LogP contribution in [-0.2, 0) is 19.3 Å². The molecule has 0 radical (unpaired) electrons. The SMILES string of the molecule is NC1C[C@@H](N2Cc3nc(C(F)(F)F)[nH]c3C2)CCC1c1cc(F)c(F)cc1F. The highest BCUT2D eigenvalue weighted by Gasteiger charge is 2.40. The van der Waals surface area contributed by atoms with Gasteiger partial charge in [-0.2, -0.15) is 13.2 Å². The van der Waals surface area contributed by atoms with Gasteiger partial charge in [0.05, 0.1) is 11.4 Å². The highest BCUT2D eigenvalue weighted by Crippen LogP contribution is 2.38. The van der Waals surface area contributed by atoms with E-state index in [1.165, 1.54) is 0 Å². The fourth-order valence-corrected chi connectivity index (χ4v) is 4.27. The van der Waals surface area contributed by atoms with E-state index in [0.717, 1.165) is 6.07 Å². The summed E-state index contributed by atoms with van der Waals surface area (Å²) in [6.45, 7) is 0.587. The van der Waals surface area contributed by atoms with Crippen LogP contribution in [0.4, 0.5) is 26.3 Å². The van der Waals surface area contributed by atoms with Crippen LogP contribution in [0.15, 0.2) is 12.1 Å². The van der Waals surface area contributed by atoms with Crippen LogP contribution < -0.4 is 5.73 Å². The predicted octanol–water partition coefficient (Wildman–Crippen LogP) is 3.83. The third kappa shape index (κ3) is 3.39. The van der Waals surface area contributed by atoms with E-state index < -0.39 is 41.4 Å². The van der Waals surface area contributed by atoms with E-state index >= 15 is 0 Å². The van der Waals surface area contributed by atoms with Crippen LogP contribution in [0.5, 0.6) is 0 Å². The number of nitrogens with zero attached hydrogens (tertiary/aromatic N) is 2. The first-order chi connectivity index (χ1) is 13.1. The number of fused-ring (bicyclic) bond motifs is 1. The largest absolute Gasteiger partial charge is 0.449 e. The van der Waals surface area contributed by atoms with E-state index in [1.807, 2.05) is 4.90 Å². The molecule has 4 nitrogen and oxygen atoms in total. The summed E-state index contributed by atoms with van der Waals surface area (Å²) in [7, 11) is 0. The first-order valence-corrected chi connectivity index (χ1v) is 8.92. The van der Waals surface area contributed by atoms with Crippen molar-refractivity contribution >= 4 is 0 Å². The van der Waals surface area contributed by atoms with Gasteiger partial charge in [0.2, 0.25) is 5.82 Å². The van der Waals surface area contributed by atoms with E-state index in [9.17, 15) is 26.3 Å². The van der Waals surface area contributed by atoms with Gasteiger partial charge in [-0.15, -0.1) is 0 Å². The van der Waals surface area contributed by atoms with Gasteiger partial charge in [0.15, 0.2) is 11.6 Å². The highest BCUT2D eigenvalue weighted by atomic mass is 19.4. The molecule has 2 aliphatic rings. The van der Waals surface area contributed by atoms with Crippen LogP contribution in [0.2, 0.25) is 0 Å². The number of aromatic nitrogens is 2. The highest BCUT2D eigenvalue weighted by molar-refractivity contribution is 5.27. The average molecular weight is 404 g/mol. The summed E-state index contributed by atoms with van der Waals surface area (Å²) in [4.78, 5) is 7.96. The second-order valence-electron chi connectivity index (χ2n) is 7.44. The second kappa shape index (κ2) is 6.77. The van der Waals surface area contributed by atoms with Crippen molar-refractivity contribution in [2.45, 2.75) is 56.5 Å². The molecule has 28 heavy (non-hydrogen) atoms. The number of hydrogen-bond donors (Lipinski definition) is 2. The summed E-state index contributed by atoms with van der Waals surface area (Å²) in [6, 6.07) is 0.909. The molecule has 2 aromatic rings. The molecule has 0 saturated heterocycles. The number of aromatic amines is 1. The third-order valence-corrected chi connectivity index (χ3v) is 5.67. The molecule has 1 aromatic heterocycles. The summed E-state index contributed by atoms with van der Waals surface area (Å²) in [5.41, 5.74) is 7.08. The Morgan fingerprint density at radius 1 is 1.04 bits per heavy atom. The quantitative estimate of drug-likeness (QED) is 0.591. The summed E-state index contributed by atoms with van der Waals surface area (Å²) in [5.74, 6) is -4.62. The van der Waals surface area contributed by atoms with Crippen LogP contribution >= 0.6 is 0 Å². The Hall–Kier alpha value is -2.07. The zero-order valence-corrected chi connectivity index (χ0v) is 14.7. The molecule has 152 valence electrons. The first-order valence-electron chi connectivity index (χ1n) is 8.92. The Morgan fingerprint density at radius 3 is 2.39 bits per heavy atom. The van der Waals surface area contributed by atoms with Crippen molar-refractivity contribution in [1.29, 1.82) is 0 Å². The molecular formula is C18H18F6N4.